The van der Waals surface area contributed by atoms with Crippen molar-refractivity contribution in [1.82, 2.24) is 0 Å². The van der Waals surface area contributed by atoms with Crippen molar-refractivity contribution >= 4 is 22.6 Å². The van der Waals surface area contributed by atoms with Crippen molar-refractivity contribution in [3.05, 3.63) is 39.3 Å². The quantitative estimate of drug-likeness (QED) is 0.625. The third-order valence-electron chi connectivity index (χ3n) is 2.15. The first-order valence-electron chi connectivity index (χ1n) is 3.97. The maximum Gasteiger partial charge on any atom is 0.0659 e. The molecule has 0 saturated carbocycles. The SMILES string of the molecule is I[C]1CCCc2ccccc21. The minimum atomic E-state index is 1.27. The van der Waals surface area contributed by atoms with E-state index >= 15 is 0 Å². The first kappa shape index (κ1) is 7.59. The van der Waals surface area contributed by atoms with Crippen LogP contribution in [-0.2, 0) is 6.42 Å². The van der Waals surface area contributed by atoms with Crippen LogP contribution in [0.25, 0.3) is 0 Å². The molecule has 1 heteroatoms. The van der Waals surface area contributed by atoms with E-state index in [0.29, 0.717) is 0 Å². The van der Waals surface area contributed by atoms with Gasteiger partial charge in [-0.3, -0.25) is 0 Å². The van der Waals surface area contributed by atoms with Gasteiger partial charge in [0.15, 0.2) is 0 Å². The summed E-state index contributed by atoms with van der Waals surface area (Å²) in [4.78, 5) is 0. The van der Waals surface area contributed by atoms with Crippen LogP contribution in [0, 0.1) is 3.92 Å². The van der Waals surface area contributed by atoms with Gasteiger partial charge in [-0.15, -0.1) is 0 Å². The van der Waals surface area contributed by atoms with Gasteiger partial charge < -0.3 is 0 Å². The molecule has 0 aromatic heterocycles. The summed E-state index contributed by atoms with van der Waals surface area (Å²) in [5.74, 6) is 0. The predicted octanol–water partition coefficient (Wildman–Crippen LogP) is 3.34. The first-order chi connectivity index (χ1) is 5.38. The third-order valence-corrected chi connectivity index (χ3v) is 3.27. The molecule has 11 heavy (non-hydrogen) atoms. The van der Waals surface area contributed by atoms with Crippen LogP contribution in [0.4, 0.5) is 0 Å². The fraction of sp³-hybridized carbons (Fsp3) is 0.300. The van der Waals surface area contributed by atoms with Crippen LogP contribution in [0.2, 0.25) is 0 Å². The Morgan fingerprint density at radius 1 is 1.09 bits per heavy atom. The van der Waals surface area contributed by atoms with E-state index in [1.54, 1.807) is 0 Å². The molecule has 2 rings (SSSR count). The second kappa shape index (κ2) is 3.13. The summed E-state index contributed by atoms with van der Waals surface area (Å²) in [5.41, 5.74) is 3.02. The van der Waals surface area contributed by atoms with Gasteiger partial charge in [-0.1, -0.05) is 46.9 Å². The van der Waals surface area contributed by atoms with E-state index in [4.69, 9.17) is 0 Å². The van der Waals surface area contributed by atoms with Gasteiger partial charge in [-0.25, -0.2) is 0 Å². The van der Waals surface area contributed by atoms with E-state index in [9.17, 15) is 0 Å². The van der Waals surface area contributed by atoms with E-state index in [1.807, 2.05) is 0 Å². The number of hydrogen-bond acceptors (Lipinski definition) is 0. The number of hydrogen-bond donors (Lipinski definition) is 0. The number of halogens is 1. The van der Waals surface area contributed by atoms with Crippen molar-refractivity contribution in [2.75, 3.05) is 0 Å². The number of rotatable bonds is 0. The Morgan fingerprint density at radius 2 is 1.91 bits per heavy atom. The standard InChI is InChI=1S/C10H10I/c11-10-7-3-5-8-4-1-2-6-9(8)10/h1-2,4,6H,3,5,7H2. The van der Waals surface area contributed by atoms with E-state index in [2.05, 4.69) is 46.9 Å². The highest BCUT2D eigenvalue weighted by atomic mass is 127. The topological polar surface area (TPSA) is 0 Å². The Balaban J connectivity index is 2.44. The maximum atomic E-state index is 2.46. The van der Waals surface area contributed by atoms with E-state index in [0.717, 1.165) is 0 Å². The van der Waals surface area contributed by atoms with Crippen molar-refractivity contribution in [1.29, 1.82) is 0 Å². The van der Waals surface area contributed by atoms with Gasteiger partial charge in [0.05, 0.1) is 3.92 Å². The molecule has 0 fully saturated rings. The van der Waals surface area contributed by atoms with Gasteiger partial charge in [0.1, 0.15) is 0 Å². The minimum absolute atomic E-state index is 1.27. The molecular formula is C10H10I. The lowest BCUT2D eigenvalue weighted by Gasteiger charge is -2.19. The van der Waals surface area contributed by atoms with Gasteiger partial charge in [0.25, 0.3) is 0 Å². The van der Waals surface area contributed by atoms with Crippen LogP contribution in [0.15, 0.2) is 24.3 Å². The van der Waals surface area contributed by atoms with Crippen LogP contribution < -0.4 is 0 Å². The van der Waals surface area contributed by atoms with Gasteiger partial charge in [0, 0.05) is 0 Å². The summed E-state index contributed by atoms with van der Waals surface area (Å²) < 4.78 is 1.53. The Bertz CT molecular complexity index is 255. The summed E-state index contributed by atoms with van der Waals surface area (Å²) in [6.45, 7) is 0. The molecular weight excluding hydrogens is 247 g/mol. The van der Waals surface area contributed by atoms with Crippen LogP contribution in [0.3, 0.4) is 0 Å². The number of fused-ring (bicyclic) bond motifs is 1. The lowest BCUT2D eigenvalue weighted by Crippen LogP contribution is -2.04. The Hall–Kier alpha value is -0.0500. The smallest absolute Gasteiger partial charge is 0.0659 e. The zero-order valence-electron chi connectivity index (χ0n) is 6.31. The molecule has 57 valence electrons. The molecule has 1 aromatic rings. The van der Waals surface area contributed by atoms with Crippen molar-refractivity contribution < 1.29 is 0 Å². The summed E-state index contributed by atoms with van der Waals surface area (Å²) in [7, 11) is 0. The van der Waals surface area contributed by atoms with Crippen LogP contribution in [0.5, 0.6) is 0 Å². The van der Waals surface area contributed by atoms with Crippen molar-refractivity contribution in [2.24, 2.45) is 0 Å². The molecule has 1 aliphatic rings. The molecule has 0 aliphatic heterocycles. The minimum Gasteiger partial charge on any atom is -0.0718 e. The van der Waals surface area contributed by atoms with Crippen LogP contribution in [0.1, 0.15) is 24.0 Å². The highest BCUT2D eigenvalue weighted by Crippen LogP contribution is 2.34. The van der Waals surface area contributed by atoms with Gasteiger partial charge in [0.2, 0.25) is 0 Å². The second-order valence-corrected chi connectivity index (χ2v) is 4.22. The van der Waals surface area contributed by atoms with E-state index < -0.39 is 0 Å². The molecule has 0 bridgehead atoms. The second-order valence-electron chi connectivity index (χ2n) is 2.92. The molecule has 0 N–H and O–H groups in total. The molecule has 0 amide bonds. The molecule has 0 saturated heterocycles. The van der Waals surface area contributed by atoms with Crippen LogP contribution in [-0.4, -0.2) is 0 Å². The van der Waals surface area contributed by atoms with Gasteiger partial charge >= 0.3 is 0 Å². The van der Waals surface area contributed by atoms with Crippen molar-refractivity contribution in [2.45, 2.75) is 19.3 Å². The van der Waals surface area contributed by atoms with E-state index in [-0.39, 0.29) is 0 Å². The monoisotopic (exact) mass is 257 g/mol. The average molecular weight is 257 g/mol. The van der Waals surface area contributed by atoms with Crippen molar-refractivity contribution in [3.8, 4) is 0 Å². The average Bonchev–Trinajstić information content (AvgIpc) is 2.06. The Labute approximate surface area is 81.1 Å². The lowest BCUT2D eigenvalue weighted by molar-refractivity contribution is 0.769. The molecule has 0 nitrogen and oxygen atoms in total. The largest absolute Gasteiger partial charge is 0.0718 e. The summed E-state index contributed by atoms with van der Waals surface area (Å²) in [6.07, 6.45) is 3.87. The summed E-state index contributed by atoms with van der Waals surface area (Å²) in [6, 6.07) is 8.74. The molecule has 1 radical (unpaired) electrons. The fourth-order valence-electron chi connectivity index (χ4n) is 1.57. The third kappa shape index (κ3) is 1.43. The summed E-state index contributed by atoms with van der Waals surface area (Å²) >= 11 is 2.46. The lowest BCUT2D eigenvalue weighted by atomic mass is 9.92. The normalized spacial score (nSPS) is 17.9. The Kier molecular flexibility index (Phi) is 2.16. The van der Waals surface area contributed by atoms with Crippen molar-refractivity contribution in [3.63, 3.8) is 0 Å². The predicted molar refractivity (Wildman–Crippen MR) is 55.7 cm³/mol. The molecule has 1 aromatic carbocycles. The molecule has 1 aliphatic carbocycles. The van der Waals surface area contributed by atoms with Gasteiger partial charge in [-0.05, 0) is 30.4 Å². The number of aryl methyl sites for hydroxylation is 1. The fourth-order valence-corrected chi connectivity index (χ4v) is 2.48. The molecule has 0 atom stereocenters. The summed E-state index contributed by atoms with van der Waals surface area (Å²) in [5, 5.41) is 0. The molecule has 0 unspecified atom stereocenters. The van der Waals surface area contributed by atoms with Gasteiger partial charge in [-0.2, -0.15) is 0 Å². The zero-order chi connectivity index (χ0) is 7.68. The van der Waals surface area contributed by atoms with E-state index in [1.165, 1.54) is 34.3 Å². The molecule has 0 spiro atoms. The zero-order valence-corrected chi connectivity index (χ0v) is 8.47. The number of benzene rings is 1. The Morgan fingerprint density at radius 3 is 2.73 bits per heavy atom. The molecule has 0 heterocycles. The highest BCUT2D eigenvalue weighted by molar-refractivity contribution is 14.1. The van der Waals surface area contributed by atoms with Crippen LogP contribution >= 0.6 is 22.6 Å². The highest BCUT2D eigenvalue weighted by Gasteiger charge is 2.16. The maximum absolute atomic E-state index is 2.46. The first-order valence-corrected chi connectivity index (χ1v) is 5.05.